The van der Waals surface area contributed by atoms with Crippen molar-refractivity contribution in [1.82, 2.24) is 0 Å². The Balaban J connectivity index is 2.33. The number of ketones is 1. The van der Waals surface area contributed by atoms with Crippen molar-refractivity contribution in [1.29, 1.82) is 0 Å². The molecular formula is C13H20O3. The Hall–Kier alpha value is -0.860. The number of ether oxygens (including phenoxy) is 1. The zero-order valence-corrected chi connectivity index (χ0v) is 10.5. The zero-order valence-electron chi connectivity index (χ0n) is 10.5. The lowest BCUT2D eigenvalue weighted by molar-refractivity contribution is -0.154. The van der Waals surface area contributed by atoms with Crippen LogP contribution in [0.4, 0.5) is 0 Å². The van der Waals surface area contributed by atoms with Gasteiger partial charge in [0.25, 0.3) is 0 Å². The molecule has 0 aliphatic heterocycles. The Labute approximate surface area is 96.5 Å². The Bertz CT molecular complexity index is 345. The second-order valence-electron chi connectivity index (χ2n) is 5.79. The summed E-state index contributed by atoms with van der Waals surface area (Å²) >= 11 is 0. The summed E-state index contributed by atoms with van der Waals surface area (Å²) in [6, 6.07) is 0. The van der Waals surface area contributed by atoms with Crippen molar-refractivity contribution in [2.45, 2.75) is 40.5 Å². The van der Waals surface area contributed by atoms with E-state index in [9.17, 15) is 9.59 Å². The summed E-state index contributed by atoms with van der Waals surface area (Å²) in [6.45, 7) is 8.37. The molecule has 90 valence electrons. The summed E-state index contributed by atoms with van der Waals surface area (Å²) in [5, 5.41) is 0. The van der Waals surface area contributed by atoms with Crippen molar-refractivity contribution in [3.8, 4) is 0 Å². The van der Waals surface area contributed by atoms with Crippen LogP contribution < -0.4 is 0 Å². The first-order valence-corrected chi connectivity index (χ1v) is 6.07. The van der Waals surface area contributed by atoms with Crippen LogP contribution in [0.1, 0.15) is 40.5 Å². The molecule has 1 unspecified atom stereocenters. The highest BCUT2D eigenvalue weighted by Crippen LogP contribution is 2.65. The highest BCUT2D eigenvalue weighted by Gasteiger charge is 2.68. The van der Waals surface area contributed by atoms with Crippen LogP contribution in [0, 0.1) is 22.7 Å². The second kappa shape index (κ2) is 3.31. The normalized spacial score (nSPS) is 40.1. The molecule has 3 heteroatoms. The Morgan fingerprint density at radius 3 is 2.50 bits per heavy atom. The molecule has 16 heavy (non-hydrogen) atoms. The molecule has 0 aromatic carbocycles. The molecule has 0 heterocycles. The molecule has 0 saturated heterocycles. The zero-order chi connectivity index (χ0) is 12.1. The Morgan fingerprint density at radius 2 is 2.06 bits per heavy atom. The van der Waals surface area contributed by atoms with Gasteiger partial charge in [-0.05, 0) is 31.1 Å². The third kappa shape index (κ3) is 1.14. The van der Waals surface area contributed by atoms with E-state index in [1.807, 2.05) is 6.92 Å². The minimum absolute atomic E-state index is 0.0679. The van der Waals surface area contributed by atoms with Crippen molar-refractivity contribution in [3.05, 3.63) is 0 Å². The fourth-order valence-corrected chi connectivity index (χ4v) is 3.59. The van der Waals surface area contributed by atoms with E-state index in [1.165, 1.54) is 0 Å². The maximum Gasteiger partial charge on any atom is 0.316 e. The largest absolute Gasteiger partial charge is 0.465 e. The van der Waals surface area contributed by atoms with Crippen molar-refractivity contribution in [2.75, 3.05) is 6.61 Å². The van der Waals surface area contributed by atoms with E-state index >= 15 is 0 Å². The van der Waals surface area contributed by atoms with Gasteiger partial charge < -0.3 is 4.74 Å². The molecule has 3 nitrogen and oxygen atoms in total. The van der Waals surface area contributed by atoms with Crippen LogP contribution in [0.3, 0.4) is 0 Å². The first kappa shape index (κ1) is 11.6. The van der Waals surface area contributed by atoms with Gasteiger partial charge in [0.1, 0.15) is 5.92 Å². The third-order valence-electron chi connectivity index (χ3n) is 5.07. The van der Waals surface area contributed by atoms with E-state index in [1.54, 1.807) is 6.92 Å². The van der Waals surface area contributed by atoms with E-state index < -0.39 is 5.92 Å². The van der Waals surface area contributed by atoms with Gasteiger partial charge in [-0.3, -0.25) is 9.59 Å². The van der Waals surface area contributed by atoms with Crippen molar-refractivity contribution >= 4 is 11.8 Å². The van der Waals surface area contributed by atoms with E-state index in [0.29, 0.717) is 6.61 Å². The fourth-order valence-electron chi connectivity index (χ4n) is 3.59. The van der Waals surface area contributed by atoms with E-state index in [-0.39, 0.29) is 28.5 Å². The minimum atomic E-state index is -0.506. The number of fused-ring (bicyclic) bond motifs is 2. The molecule has 0 N–H and O–H groups in total. The molecule has 2 aliphatic carbocycles. The second-order valence-corrected chi connectivity index (χ2v) is 5.79. The SMILES string of the molecule is CCOC(=O)C1C(=O)[C@]2(C)CC[C@H]1C2(C)C. The molecule has 0 spiro atoms. The molecule has 0 aromatic heterocycles. The van der Waals surface area contributed by atoms with Crippen LogP contribution >= 0.6 is 0 Å². The number of carbonyl (C=O) groups excluding carboxylic acids is 2. The molecule has 2 rings (SSSR count). The average Bonchev–Trinajstić information content (AvgIpc) is 2.50. The maximum absolute atomic E-state index is 12.3. The number of hydrogen-bond acceptors (Lipinski definition) is 3. The molecule has 2 fully saturated rings. The van der Waals surface area contributed by atoms with Crippen LogP contribution in [0.5, 0.6) is 0 Å². The number of carbonyl (C=O) groups is 2. The molecule has 2 bridgehead atoms. The first-order valence-electron chi connectivity index (χ1n) is 6.07. The Kier molecular flexibility index (Phi) is 2.41. The van der Waals surface area contributed by atoms with Gasteiger partial charge in [0.2, 0.25) is 0 Å². The van der Waals surface area contributed by atoms with Crippen LogP contribution in [0.15, 0.2) is 0 Å². The lowest BCUT2D eigenvalue weighted by atomic mass is 9.70. The van der Waals surface area contributed by atoms with Crippen molar-refractivity contribution < 1.29 is 14.3 Å². The molecular weight excluding hydrogens is 204 g/mol. The predicted molar refractivity (Wildman–Crippen MR) is 59.7 cm³/mol. The van der Waals surface area contributed by atoms with Gasteiger partial charge in [0.05, 0.1) is 6.61 Å². The standard InChI is InChI=1S/C13H20O3/c1-5-16-11(15)9-8-6-7-13(4,10(9)14)12(8,2)3/h8-9H,5-7H2,1-4H3/t8-,9?,13+/m1/s1. The number of Topliss-reactive ketones (excluding diaryl/α,β-unsaturated/α-hetero) is 1. The average molecular weight is 224 g/mol. The maximum atomic E-state index is 12.3. The summed E-state index contributed by atoms with van der Waals surface area (Å²) in [6.07, 6.45) is 1.89. The molecule has 2 aliphatic rings. The van der Waals surface area contributed by atoms with Gasteiger partial charge in [-0.15, -0.1) is 0 Å². The smallest absolute Gasteiger partial charge is 0.316 e. The quantitative estimate of drug-likeness (QED) is 0.533. The van der Waals surface area contributed by atoms with E-state index in [4.69, 9.17) is 4.74 Å². The van der Waals surface area contributed by atoms with Gasteiger partial charge in [-0.25, -0.2) is 0 Å². The fraction of sp³-hybridized carbons (Fsp3) is 0.846. The minimum Gasteiger partial charge on any atom is -0.465 e. The number of rotatable bonds is 2. The molecule has 3 atom stereocenters. The van der Waals surface area contributed by atoms with E-state index in [2.05, 4.69) is 13.8 Å². The van der Waals surface area contributed by atoms with E-state index in [0.717, 1.165) is 12.8 Å². The predicted octanol–water partition coefficient (Wildman–Crippen LogP) is 2.19. The van der Waals surface area contributed by atoms with Gasteiger partial charge in [0.15, 0.2) is 5.78 Å². The van der Waals surface area contributed by atoms with Gasteiger partial charge >= 0.3 is 5.97 Å². The van der Waals surface area contributed by atoms with Crippen molar-refractivity contribution in [3.63, 3.8) is 0 Å². The summed E-state index contributed by atoms with van der Waals surface area (Å²) in [5.41, 5.74) is -0.392. The lowest BCUT2D eigenvalue weighted by Gasteiger charge is -2.32. The highest BCUT2D eigenvalue weighted by atomic mass is 16.5. The molecule has 0 radical (unpaired) electrons. The topological polar surface area (TPSA) is 43.4 Å². The summed E-state index contributed by atoms with van der Waals surface area (Å²) < 4.78 is 5.03. The number of esters is 1. The summed E-state index contributed by atoms with van der Waals surface area (Å²) in [7, 11) is 0. The van der Waals surface area contributed by atoms with Gasteiger partial charge in [0, 0.05) is 5.41 Å². The van der Waals surface area contributed by atoms with Crippen LogP contribution in [-0.4, -0.2) is 18.4 Å². The number of hydrogen-bond donors (Lipinski definition) is 0. The van der Waals surface area contributed by atoms with Crippen LogP contribution in [0.25, 0.3) is 0 Å². The molecule has 2 saturated carbocycles. The molecule has 0 aromatic rings. The first-order chi connectivity index (χ1) is 7.36. The summed E-state index contributed by atoms with van der Waals surface area (Å²) in [5.74, 6) is -0.543. The van der Waals surface area contributed by atoms with Crippen LogP contribution in [-0.2, 0) is 14.3 Å². The van der Waals surface area contributed by atoms with Crippen LogP contribution in [0.2, 0.25) is 0 Å². The molecule has 0 amide bonds. The van der Waals surface area contributed by atoms with Gasteiger partial charge in [-0.1, -0.05) is 20.8 Å². The summed E-state index contributed by atoms with van der Waals surface area (Å²) in [4.78, 5) is 24.2. The third-order valence-corrected chi connectivity index (χ3v) is 5.07. The highest BCUT2D eigenvalue weighted by molar-refractivity contribution is 6.05. The Morgan fingerprint density at radius 1 is 1.44 bits per heavy atom. The monoisotopic (exact) mass is 224 g/mol. The lowest BCUT2D eigenvalue weighted by Crippen LogP contribution is -2.36. The van der Waals surface area contributed by atoms with Crippen molar-refractivity contribution in [2.24, 2.45) is 22.7 Å². The van der Waals surface area contributed by atoms with Gasteiger partial charge in [-0.2, -0.15) is 0 Å².